The third-order valence-electron chi connectivity index (χ3n) is 3.01. The quantitative estimate of drug-likeness (QED) is 0.688. The van der Waals surface area contributed by atoms with Crippen LogP contribution in [0.25, 0.3) is 0 Å². The van der Waals surface area contributed by atoms with Crippen molar-refractivity contribution in [1.82, 2.24) is 5.32 Å². The number of rotatable bonds is 3. The van der Waals surface area contributed by atoms with E-state index in [4.69, 9.17) is 5.41 Å². The van der Waals surface area contributed by atoms with Gasteiger partial charge in [-0.25, -0.2) is 0 Å². The topological polar surface area (TPSA) is 35.9 Å². The SMILES string of the molecule is CC(=N)CC1CCCC(NC(C)(C)C)C1. The van der Waals surface area contributed by atoms with Crippen molar-refractivity contribution in [3.05, 3.63) is 0 Å². The summed E-state index contributed by atoms with van der Waals surface area (Å²) in [6.45, 7) is 8.64. The third-order valence-corrected chi connectivity index (χ3v) is 3.01. The Morgan fingerprint density at radius 2 is 2.00 bits per heavy atom. The predicted molar refractivity (Wildman–Crippen MR) is 66.7 cm³/mol. The van der Waals surface area contributed by atoms with Crippen molar-refractivity contribution in [2.75, 3.05) is 0 Å². The average molecular weight is 210 g/mol. The van der Waals surface area contributed by atoms with Crippen LogP contribution in [0.2, 0.25) is 0 Å². The van der Waals surface area contributed by atoms with Crippen molar-refractivity contribution < 1.29 is 0 Å². The molecule has 0 amide bonds. The molecule has 2 nitrogen and oxygen atoms in total. The molecule has 2 heteroatoms. The highest BCUT2D eigenvalue weighted by atomic mass is 15.0. The van der Waals surface area contributed by atoms with E-state index in [1.165, 1.54) is 25.7 Å². The highest BCUT2D eigenvalue weighted by Gasteiger charge is 2.24. The molecular formula is C13H26N2. The van der Waals surface area contributed by atoms with E-state index in [0.717, 1.165) is 18.1 Å². The van der Waals surface area contributed by atoms with Gasteiger partial charge in [-0.3, -0.25) is 0 Å². The van der Waals surface area contributed by atoms with Gasteiger partial charge in [0.25, 0.3) is 0 Å². The number of hydrogen-bond donors (Lipinski definition) is 2. The molecule has 0 bridgehead atoms. The second-order valence-electron chi connectivity index (χ2n) is 6.11. The summed E-state index contributed by atoms with van der Waals surface area (Å²) >= 11 is 0. The standard InChI is InChI=1S/C13H26N2/c1-10(14)8-11-6-5-7-12(9-11)15-13(2,3)4/h11-12,14-15H,5-9H2,1-4H3. The van der Waals surface area contributed by atoms with Gasteiger partial charge in [-0.05, 0) is 59.3 Å². The summed E-state index contributed by atoms with van der Waals surface area (Å²) in [5.41, 5.74) is 1.07. The van der Waals surface area contributed by atoms with Crippen molar-refractivity contribution in [2.24, 2.45) is 5.92 Å². The molecule has 88 valence electrons. The lowest BCUT2D eigenvalue weighted by Gasteiger charge is -2.34. The Labute approximate surface area is 94.3 Å². The maximum absolute atomic E-state index is 7.56. The lowest BCUT2D eigenvalue weighted by molar-refractivity contribution is 0.246. The van der Waals surface area contributed by atoms with Crippen LogP contribution in [0.1, 0.15) is 59.8 Å². The Morgan fingerprint density at radius 3 is 2.53 bits per heavy atom. The van der Waals surface area contributed by atoms with Crippen molar-refractivity contribution >= 4 is 5.71 Å². The van der Waals surface area contributed by atoms with Crippen LogP contribution in [-0.2, 0) is 0 Å². The minimum atomic E-state index is 0.228. The monoisotopic (exact) mass is 210 g/mol. The molecule has 0 aromatic rings. The van der Waals surface area contributed by atoms with Crippen molar-refractivity contribution in [1.29, 1.82) is 5.41 Å². The largest absolute Gasteiger partial charge is 0.310 e. The fraction of sp³-hybridized carbons (Fsp3) is 0.923. The van der Waals surface area contributed by atoms with E-state index in [-0.39, 0.29) is 5.54 Å². The van der Waals surface area contributed by atoms with Gasteiger partial charge < -0.3 is 10.7 Å². The van der Waals surface area contributed by atoms with Gasteiger partial charge in [-0.15, -0.1) is 0 Å². The molecule has 15 heavy (non-hydrogen) atoms. The maximum atomic E-state index is 7.56. The summed E-state index contributed by atoms with van der Waals surface area (Å²) in [6, 6.07) is 0.670. The van der Waals surface area contributed by atoms with Crippen LogP contribution in [0, 0.1) is 11.3 Å². The molecule has 2 N–H and O–H groups in total. The molecule has 0 spiro atoms. The van der Waals surface area contributed by atoms with Crippen LogP contribution in [-0.4, -0.2) is 17.3 Å². The summed E-state index contributed by atoms with van der Waals surface area (Å²) in [7, 11) is 0. The van der Waals surface area contributed by atoms with Crippen LogP contribution in [0.3, 0.4) is 0 Å². The Kier molecular flexibility index (Phi) is 4.32. The lowest BCUT2D eigenvalue weighted by Crippen LogP contribution is -2.45. The first-order valence-electron chi connectivity index (χ1n) is 6.18. The Morgan fingerprint density at radius 1 is 1.33 bits per heavy atom. The molecule has 1 aliphatic rings. The van der Waals surface area contributed by atoms with Crippen molar-refractivity contribution in [3.8, 4) is 0 Å². The van der Waals surface area contributed by atoms with E-state index in [9.17, 15) is 0 Å². The summed E-state index contributed by atoms with van der Waals surface area (Å²) < 4.78 is 0. The summed E-state index contributed by atoms with van der Waals surface area (Å²) in [5.74, 6) is 0.746. The Hall–Kier alpha value is -0.370. The van der Waals surface area contributed by atoms with Gasteiger partial charge in [0.1, 0.15) is 0 Å². The first-order valence-corrected chi connectivity index (χ1v) is 6.18. The molecule has 2 atom stereocenters. The zero-order valence-corrected chi connectivity index (χ0v) is 10.7. The van der Waals surface area contributed by atoms with E-state index in [2.05, 4.69) is 26.1 Å². The zero-order chi connectivity index (χ0) is 11.5. The highest BCUT2D eigenvalue weighted by Crippen LogP contribution is 2.28. The van der Waals surface area contributed by atoms with Gasteiger partial charge in [0.15, 0.2) is 0 Å². The Balaban J connectivity index is 2.38. The first-order chi connectivity index (χ1) is 6.87. The highest BCUT2D eigenvalue weighted by molar-refractivity contribution is 5.78. The molecule has 1 rings (SSSR count). The van der Waals surface area contributed by atoms with Gasteiger partial charge in [0, 0.05) is 17.3 Å². The predicted octanol–water partition coefficient (Wildman–Crippen LogP) is 3.36. The third kappa shape index (κ3) is 5.31. The molecule has 1 fully saturated rings. The first kappa shape index (κ1) is 12.7. The smallest absolute Gasteiger partial charge is 0.00991 e. The minimum absolute atomic E-state index is 0.228. The zero-order valence-electron chi connectivity index (χ0n) is 10.7. The van der Waals surface area contributed by atoms with Crippen molar-refractivity contribution in [2.45, 2.75) is 71.4 Å². The van der Waals surface area contributed by atoms with Crippen LogP contribution >= 0.6 is 0 Å². The maximum Gasteiger partial charge on any atom is 0.00991 e. The van der Waals surface area contributed by atoms with E-state index in [0.29, 0.717) is 6.04 Å². The number of nitrogens with one attached hydrogen (secondary N) is 2. The Bertz CT molecular complexity index is 215. The second kappa shape index (κ2) is 5.11. The van der Waals surface area contributed by atoms with E-state index < -0.39 is 0 Å². The van der Waals surface area contributed by atoms with Gasteiger partial charge >= 0.3 is 0 Å². The van der Waals surface area contributed by atoms with Gasteiger partial charge in [-0.1, -0.05) is 6.42 Å². The van der Waals surface area contributed by atoms with Gasteiger partial charge in [-0.2, -0.15) is 0 Å². The van der Waals surface area contributed by atoms with Gasteiger partial charge in [0.2, 0.25) is 0 Å². The van der Waals surface area contributed by atoms with E-state index in [1.807, 2.05) is 6.92 Å². The molecule has 0 aromatic heterocycles. The summed E-state index contributed by atoms with van der Waals surface area (Å²) in [6.07, 6.45) is 6.21. The van der Waals surface area contributed by atoms with Crippen LogP contribution in [0.4, 0.5) is 0 Å². The fourth-order valence-electron chi connectivity index (χ4n) is 2.65. The van der Waals surface area contributed by atoms with Crippen molar-refractivity contribution in [3.63, 3.8) is 0 Å². The molecule has 0 heterocycles. The average Bonchev–Trinajstić information content (AvgIpc) is 1.99. The normalized spacial score (nSPS) is 27.7. The molecule has 0 aliphatic heterocycles. The molecule has 0 radical (unpaired) electrons. The summed E-state index contributed by atoms with van der Waals surface area (Å²) in [5, 5.41) is 11.2. The molecule has 1 aliphatic carbocycles. The van der Waals surface area contributed by atoms with Crippen LogP contribution in [0.5, 0.6) is 0 Å². The van der Waals surface area contributed by atoms with Crippen LogP contribution < -0.4 is 5.32 Å². The van der Waals surface area contributed by atoms with E-state index in [1.54, 1.807) is 0 Å². The van der Waals surface area contributed by atoms with Gasteiger partial charge in [0.05, 0.1) is 0 Å². The second-order valence-corrected chi connectivity index (χ2v) is 6.11. The lowest BCUT2D eigenvalue weighted by atomic mass is 9.82. The molecule has 1 saturated carbocycles. The minimum Gasteiger partial charge on any atom is -0.310 e. The molecular weight excluding hydrogens is 184 g/mol. The fourth-order valence-corrected chi connectivity index (χ4v) is 2.65. The molecule has 0 aromatic carbocycles. The number of hydrogen-bond acceptors (Lipinski definition) is 2. The van der Waals surface area contributed by atoms with E-state index >= 15 is 0 Å². The molecule has 2 unspecified atom stereocenters. The van der Waals surface area contributed by atoms with Crippen LogP contribution in [0.15, 0.2) is 0 Å². The molecule has 0 saturated heterocycles. The summed E-state index contributed by atoms with van der Waals surface area (Å²) in [4.78, 5) is 0.